The molecule has 0 amide bonds. The third kappa shape index (κ3) is 5.51. The van der Waals surface area contributed by atoms with Crippen molar-refractivity contribution < 1.29 is 55.1 Å². The second kappa shape index (κ2) is 10.1. The molecule has 2 saturated heterocycles. The standard InChI is InChI=1S/C18H32O11/c1-3-4-18(2,26)5-8-11(21)14(24)16(10(7-20)27-8)29-17-15(25)13(23)12(22)9(6-19)28-17/h3,8-17,19-26H,1,4-7H2,2H3/t8-,9?,10?,11?,12-,13-,14+,15?,16-,17-,18?/m0/s1. The highest BCUT2D eigenvalue weighted by Crippen LogP contribution is 2.32. The van der Waals surface area contributed by atoms with E-state index >= 15 is 0 Å². The maximum Gasteiger partial charge on any atom is 0.187 e. The number of ether oxygens (including phenoxy) is 3. The van der Waals surface area contributed by atoms with Crippen molar-refractivity contribution in [1.82, 2.24) is 0 Å². The molecule has 2 aliphatic rings. The Bertz CT molecular complexity index is 526. The summed E-state index contributed by atoms with van der Waals surface area (Å²) >= 11 is 0. The molecule has 5 unspecified atom stereocenters. The van der Waals surface area contributed by atoms with Gasteiger partial charge in [-0.15, -0.1) is 6.58 Å². The van der Waals surface area contributed by atoms with E-state index in [0.717, 1.165) is 0 Å². The van der Waals surface area contributed by atoms with E-state index in [1.54, 1.807) is 0 Å². The van der Waals surface area contributed by atoms with Gasteiger partial charge in [0.2, 0.25) is 0 Å². The first-order valence-corrected chi connectivity index (χ1v) is 9.48. The monoisotopic (exact) mass is 424 g/mol. The predicted octanol–water partition coefficient (Wildman–Crippen LogP) is -3.63. The number of aliphatic hydroxyl groups is 8. The molecule has 2 fully saturated rings. The van der Waals surface area contributed by atoms with Gasteiger partial charge < -0.3 is 55.1 Å². The second-order valence-corrected chi connectivity index (χ2v) is 7.87. The third-order valence-electron chi connectivity index (χ3n) is 5.33. The van der Waals surface area contributed by atoms with Crippen LogP contribution in [0.3, 0.4) is 0 Å². The Balaban J connectivity index is 2.12. The molecular weight excluding hydrogens is 392 g/mol. The summed E-state index contributed by atoms with van der Waals surface area (Å²) in [6.45, 7) is 3.78. The molecule has 0 bridgehead atoms. The summed E-state index contributed by atoms with van der Waals surface area (Å²) in [7, 11) is 0. The lowest BCUT2D eigenvalue weighted by Crippen LogP contribution is -2.64. The van der Waals surface area contributed by atoms with Crippen molar-refractivity contribution in [2.45, 2.75) is 86.6 Å². The molecule has 170 valence electrons. The van der Waals surface area contributed by atoms with Crippen molar-refractivity contribution >= 4 is 0 Å². The van der Waals surface area contributed by atoms with Gasteiger partial charge in [-0.05, 0) is 13.3 Å². The first-order valence-electron chi connectivity index (χ1n) is 9.48. The molecule has 2 rings (SSSR count). The van der Waals surface area contributed by atoms with Gasteiger partial charge in [0.15, 0.2) is 6.29 Å². The second-order valence-electron chi connectivity index (χ2n) is 7.87. The summed E-state index contributed by atoms with van der Waals surface area (Å²) in [5, 5.41) is 80.0. The van der Waals surface area contributed by atoms with Crippen LogP contribution in [0.15, 0.2) is 12.7 Å². The Morgan fingerprint density at radius 3 is 2.00 bits per heavy atom. The third-order valence-corrected chi connectivity index (χ3v) is 5.33. The zero-order chi connectivity index (χ0) is 21.9. The van der Waals surface area contributed by atoms with E-state index < -0.39 is 80.0 Å². The zero-order valence-electron chi connectivity index (χ0n) is 16.2. The Kier molecular flexibility index (Phi) is 8.53. The molecule has 11 atom stereocenters. The van der Waals surface area contributed by atoms with Gasteiger partial charge in [0.05, 0.1) is 24.9 Å². The van der Waals surface area contributed by atoms with E-state index in [9.17, 15) is 40.9 Å². The molecule has 0 aliphatic carbocycles. The van der Waals surface area contributed by atoms with E-state index in [0.29, 0.717) is 0 Å². The van der Waals surface area contributed by atoms with Crippen LogP contribution in [0.2, 0.25) is 0 Å². The largest absolute Gasteiger partial charge is 0.394 e. The van der Waals surface area contributed by atoms with Crippen LogP contribution in [-0.4, -0.2) is 121 Å². The summed E-state index contributed by atoms with van der Waals surface area (Å²) in [4.78, 5) is 0. The van der Waals surface area contributed by atoms with Crippen molar-refractivity contribution in [3.8, 4) is 0 Å². The average Bonchev–Trinajstić information content (AvgIpc) is 2.67. The zero-order valence-corrected chi connectivity index (χ0v) is 16.2. The van der Waals surface area contributed by atoms with Gasteiger partial charge in [0, 0.05) is 6.42 Å². The maximum atomic E-state index is 10.5. The molecule has 29 heavy (non-hydrogen) atoms. The van der Waals surface area contributed by atoms with Crippen LogP contribution in [0.5, 0.6) is 0 Å². The SMILES string of the molecule is C=CCC(C)(O)C[C@@H]1OC(CO)[C@H](O[C@@H]2OC(CO)[C@H](O)[C@H](O)C2O)[C@H](O)C1O. The van der Waals surface area contributed by atoms with Crippen molar-refractivity contribution in [3.63, 3.8) is 0 Å². The molecular formula is C18H32O11. The van der Waals surface area contributed by atoms with Crippen LogP contribution < -0.4 is 0 Å². The molecule has 11 heteroatoms. The minimum absolute atomic E-state index is 0.0550. The number of hydrogen-bond acceptors (Lipinski definition) is 11. The van der Waals surface area contributed by atoms with Crippen molar-refractivity contribution in [2.75, 3.05) is 13.2 Å². The molecule has 0 spiro atoms. The lowest BCUT2D eigenvalue weighted by Gasteiger charge is -2.47. The van der Waals surface area contributed by atoms with E-state index in [1.165, 1.54) is 13.0 Å². The number of rotatable bonds is 8. The van der Waals surface area contributed by atoms with E-state index in [1.807, 2.05) is 0 Å². The molecule has 0 aromatic heterocycles. The Labute approximate surface area is 168 Å². The quantitative estimate of drug-likeness (QED) is 0.179. The minimum atomic E-state index is -1.72. The summed E-state index contributed by atoms with van der Waals surface area (Å²) in [5.74, 6) is 0. The summed E-state index contributed by atoms with van der Waals surface area (Å²) < 4.78 is 16.3. The lowest BCUT2D eigenvalue weighted by atomic mass is 9.86. The maximum absolute atomic E-state index is 10.5. The van der Waals surface area contributed by atoms with E-state index in [4.69, 9.17) is 14.2 Å². The predicted molar refractivity (Wildman–Crippen MR) is 96.5 cm³/mol. The van der Waals surface area contributed by atoms with Crippen LogP contribution in [0, 0.1) is 0 Å². The highest BCUT2D eigenvalue weighted by Gasteiger charge is 2.51. The van der Waals surface area contributed by atoms with Crippen LogP contribution in [0.25, 0.3) is 0 Å². The fourth-order valence-electron chi connectivity index (χ4n) is 3.66. The molecule has 2 heterocycles. The van der Waals surface area contributed by atoms with Gasteiger partial charge in [-0.3, -0.25) is 0 Å². The summed E-state index contributed by atoms with van der Waals surface area (Å²) in [6, 6.07) is 0. The van der Waals surface area contributed by atoms with Crippen molar-refractivity contribution in [1.29, 1.82) is 0 Å². The van der Waals surface area contributed by atoms with Gasteiger partial charge in [0.1, 0.15) is 48.8 Å². The highest BCUT2D eigenvalue weighted by molar-refractivity contribution is 4.98. The smallest absolute Gasteiger partial charge is 0.187 e. The number of aliphatic hydroxyl groups excluding tert-OH is 7. The van der Waals surface area contributed by atoms with Crippen LogP contribution in [0.4, 0.5) is 0 Å². The van der Waals surface area contributed by atoms with E-state index in [-0.39, 0.29) is 12.8 Å². The first kappa shape index (κ1) is 24.6. The Hall–Kier alpha value is -0.700. The van der Waals surface area contributed by atoms with Gasteiger partial charge in [-0.25, -0.2) is 0 Å². The van der Waals surface area contributed by atoms with E-state index in [2.05, 4.69) is 6.58 Å². The van der Waals surface area contributed by atoms with Gasteiger partial charge in [-0.2, -0.15) is 0 Å². The van der Waals surface area contributed by atoms with Crippen molar-refractivity contribution in [2.24, 2.45) is 0 Å². The van der Waals surface area contributed by atoms with Crippen LogP contribution in [0.1, 0.15) is 19.8 Å². The molecule has 0 saturated carbocycles. The molecule has 0 aromatic carbocycles. The van der Waals surface area contributed by atoms with Gasteiger partial charge in [0.25, 0.3) is 0 Å². The highest BCUT2D eigenvalue weighted by atomic mass is 16.7. The Morgan fingerprint density at radius 1 is 0.862 bits per heavy atom. The van der Waals surface area contributed by atoms with Crippen LogP contribution in [-0.2, 0) is 14.2 Å². The average molecular weight is 424 g/mol. The molecule has 11 nitrogen and oxygen atoms in total. The van der Waals surface area contributed by atoms with Gasteiger partial charge in [-0.1, -0.05) is 6.08 Å². The van der Waals surface area contributed by atoms with Crippen LogP contribution >= 0.6 is 0 Å². The number of hydrogen-bond donors (Lipinski definition) is 8. The van der Waals surface area contributed by atoms with Crippen molar-refractivity contribution in [3.05, 3.63) is 12.7 Å². The molecule has 0 aromatic rings. The summed E-state index contributed by atoms with van der Waals surface area (Å²) in [5.41, 5.74) is -1.27. The Morgan fingerprint density at radius 2 is 1.45 bits per heavy atom. The lowest BCUT2D eigenvalue weighted by molar-refractivity contribution is -0.343. The topological polar surface area (TPSA) is 190 Å². The fourth-order valence-corrected chi connectivity index (χ4v) is 3.66. The minimum Gasteiger partial charge on any atom is -0.394 e. The molecule has 8 N–H and O–H groups in total. The fraction of sp³-hybridized carbons (Fsp3) is 0.889. The first-order chi connectivity index (χ1) is 13.6. The van der Waals surface area contributed by atoms with Gasteiger partial charge >= 0.3 is 0 Å². The molecule has 2 aliphatic heterocycles. The normalized spacial score (nSPS) is 45.6. The molecule has 0 radical (unpaired) electrons. The summed E-state index contributed by atoms with van der Waals surface area (Å²) in [6.07, 6.45) is -12.7.